The Morgan fingerprint density at radius 1 is 1.12 bits per heavy atom. The zero-order valence-corrected chi connectivity index (χ0v) is 16.6. The van der Waals surface area contributed by atoms with Crippen molar-refractivity contribution in [2.45, 2.75) is 51.0 Å². The van der Waals surface area contributed by atoms with Crippen LogP contribution in [0.25, 0.3) is 0 Å². The lowest BCUT2D eigenvalue weighted by Gasteiger charge is -2.36. The second-order valence-corrected chi connectivity index (χ2v) is 7.49. The van der Waals surface area contributed by atoms with Crippen LogP contribution in [-0.2, 0) is 9.53 Å². The van der Waals surface area contributed by atoms with Gasteiger partial charge in [-0.1, -0.05) is 19.3 Å². The van der Waals surface area contributed by atoms with Gasteiger partial charge in [0, 0.05) is 46.4 Å². The third-order valence-corrected chi connectivity index (χ3v) is 5.44. The van der Waals surface area contributed by atoms with E-state index in [0.717, 1.165) is 31.8 Å². The number of hydrogen-bond acceptors (Lipinski definition) is 4. The Morgan fingerprint density at radius 3 is 2.50 bits per heavy atom. The molecule has 1 aliphatic carbocycles. The summed E-state index contributed by atoms with van der Waals surface area (Å²) in [5.41, 5.74) is 0. The zero-order chi connectivity index (χ0) is 18.6. The van der Waals surface area contributed by atoms with Crippen LogP contribution in [-0.4, -0.2) is 76.3 Å². The van der Waals surface area contributed by atoms with Crippen LogP contribution in [0, 0.1) is 5.92 Å². The molecular formula is C19H37N5O2. The van der Waals surface area contributed by atoms with Crippen molar-refractivity contribution in [3.63, 3.8) is 0 Å². The summed E-state index contributed by atoms with van der Waals surface area (Å²) in [7, 11) is 3.37. The predicted molar refractivity (Wildman–Crippen MR) is 105 cm³/mol. The molecule has 1 aliphatic heterocycles. The number of rotatable bonds is 8. The molecule has 1 amide bonds. The van der Waals surface area contributed by atoms with Gasteiger partial charge in [-0.05, 0) is 31.6 Å². The highest BCUT2D eigenvalue weighted by Crippen LogP contribution is 2.25. The van der Waals surface area contributed by atoms with Crippen LogP contribution in [0.3, 0.4) is 0 Å². The fourth-order valence-electron chi connectivity index (χ4n) is 3.90. The van der Waals surface area contributed by atoms with Crippen LogP contribution in [0.15, 0.2) is 4.99 Å². The normalized spacial score (nSPS) is 20.8. The third kappa shape index (κ3) is 7.91. The molecule has 0 aromatic carbocycles. The van der Waals surface area contributed by atoms with Gasteiger partial charge in [0.1, 0.15) is 0 Å². The van der Waals surface area contributed by atoms with Crippen molar-refractivity contribution in [3.8, 4) is 0 Å². The van der Waals surface area contributed by atoms with Gasteiger partial charge in [-0.25, -0.2) is 0 Å². The van der Waals surface area contributed by atoms with Crippen molar-refractivity contribution < 1.29 is 9.53 Å². The molecule has 0 bridgehead atoms. The van der Waals surface area contributed by atoms with Crippen molar-refractivity contribution in [2.75, 3.05) is 53.5 Å². The standard InChI is InChI=1S/C19H37N5O2/c1-20-19(22-14-18(25)21-10-13-26-2)23-17-8-11-24(12-9-17)15-16-6-4-3-5-7-16/h16-17H,3-15H2,1-2H3,(H,21,25)(H2,20,22,23). The molecule has 0 aromatic rings. The van der Waals surface area contributed by atoms with Gasteiger partial charge < -0.3 is 25.6 Å². The molecule has 0 spiro atoms. The fourth-order valence-corrected chi connectivity index (χ4v) is 3.90. The van der Waals surface area contributed by atoms with E-state index < -0.39 is 0 Å². The summed E-state index contributed by atoms with van der Waals surface area (Å²) < 4.78 is 4.92. The molecule has 0 radical (unpaired) electrons. The second-order valence-electron chi connectivity index (χ2n) is 7.49. The first-order valence-electron chi connectivity index (χ1n) is 10.2. The minimum Gasteiger partial charge on any atom is -0.383 e. The molecule has 1 saturated heterocycles. The third-order valence-electron chi connectivity index (χ3n) is 5.44. The van der Waals surface area contributed by atoms with Gasteiger partial charge in [-0.15, -0.1) is 0 Å². The van der Waals surface area contributed by atoms with Gasteiger partial charge in [0.05, 0.1) is 13.2 Å². The minimum absolute atomic E-state index is 0.0488. The minimum atomic E-state index is -0.0488. The Balaban J connectivity index is 1.61. The van der Waals surface area contributed by atoms with Crippen LogP contribution in [0.2, 0.25) is 0 Å². The summed E-state index contributed by atoms with van der Waals surface area (Å²) in [4.78, 5) is 18.6. The molecule has 3 N–H and O–H groups in total. The molecule has 7 heteroatoms. The molecule has 0 unspecified atom stereocenters. The number of hydrogen-bond donors (Lipinski definition) is 3. The fraction of sp³-hybridized carbons (Fsp3) is 0.895. The molecule has 1 saturated carbocycles. The smallest absolute Gasteiger partial charge is 0.239 e. The largest absolute Gasteiger partial charge is 0.383 e. The number of ether oxygens (including phenoxy) is 1. The van der Waals surface area contributed by atoms with Crippen molar-refractivity contribution in [2.24, 2.45) is 10.9 Å². The van der Waals surface area contributed by atoms with Crippen LogP contribution in [0.1, 0.15) is 44.9 Å². The predicted octanol–water partition coefficient (Wildman–Crippen LogP) is 0.959. The quantitative estimate of drug-likeness (QED) is 0.338. The van der Waals surface area contributed by atoms with Crippen molar-refractivity contribution in [1.29, 1.82) is 0 Å². The van der Waals surface area contributed by atoms with Crippen LogP contribution in [0.4, 0.5) is 0 Å². The van der Waals surface area contributed by atoms with Gasteiger partial charge >= 0.3 is 0 Å². The van der Waals surface area contributed by atoms with E-state index in [1.807, 2.05) is 0 Å². The average Bonchev–Trinajstić information content (AvgIpc) is 2.67. The molecule has 0 aromatic heterocycles. The van der Waals surface area contributed by atoms with E-state index >= 15 is 0 Å². The van der Waals surface area contributed by atoms with E-state index in [1.165, 1.54) is 38.6 Å². The molecule has 1 heterocycles. The number of nitrogens with zero attached hydrogens (tertiary/aromatic N) is 2. The van der Waals surface area contributed by atoms with Crippen molar-refractivity contribution in [1.82, 2.24) is 20.9 Å². The Hall–Kier alpha value is -1.34. The van der Waals surface area contributed by atoms with Gasteiger partial charge in [-0.2, -0.15) is 0 Å². The number of methoxy groups -OCH3 is 1. The lowest BCUT2D eigenvalue weighted by atomic mass is 9.88. The molecular weight excluding hydrogens is 330 g/mol. The Labute approximate surface area is 158 Å². The maximum Gasteiger partial charge on any atom is 0.239 e. The van der Waals surface area contributed by atoms with Gasteiger partial charge in [0.15, 0.2) is 5.96 Å². The summed E-state index contributed by atoms with van der Waals surface area (Å²) in [5.74, 6) is 1.57. The first-order valence-corrected chi connectivity index (χ1v) is 10.2. The highest BCUT2D eigenvalue weighted by molar-refractivity contribution is 5.86. The lowest BCUT2D eigenvalue weighted by Crippen LogP contribution is -2.50. The number of carbonyl (C=O) groups is 1. The summed E-state index contributed by atoms with van der Waals surface area (Å²) in [6.07, 6.45) is 9.37. The Bertz CT molecular complexity index is 430. The maximum absolute atomic E-state index is 11.7. The number of nitrogens with one attached hydrogen (secondary N) is 3. The molecule has 0 atom stereocenters. The Morgan fingerprint density at radius 2 is 1.85 bits per heavy atom. The summed E-state index contributed by atoms with van der Waals surface area (Å²) in [6.45, 7) is 4.87. The SMILES string of the molecule is CN=C(NCC(=O)NCCOC)NC1CCN(CC2CCCCC2)CC1. The van der Waals surface area contributed by atoms with Crippen LogP contribution < -0.4 is 16.0 Å². The first-order chi connectivity index (χ1) is 12.7. The van der Waals surface area contributed by atoms with Crippen molar-refractivity contribution >= 4 is 11.9 Å². The number of amides is 1. The first kappa shape index (κ1) is 21.0. The number of carbonyl (C=O) groups excluding carboxylic acids is 1. The summed E-state index contributed by atoms with van der Waals surface area (Å²) in [5, 5.41) is 9.35. The van der Waals surface area contributed by atoms with E-state index in [4.69, 9.17) is 4.74 Å². The highest BCUT2D eigenvalue weighted by atomic mass is 16.5. The van der Waals surface area contributed by atoms with E-state index in [1.54, 1.807) is 14.2 Å². The molecule has 2 aliphatic rings. The van der Waals surface area contributed by atoms with E-state index in [-0.39, 0.29) is 12.5 Å². The molecule has 26 heavy (non-hydrogen) atoms. The van der Waals surface area contributed by atoms with Crippen LogP contribution in [0.5, 0.6) is 0 Å². The summed E-state index contributed by atoms with van der Waals surface area (Å²) >= 11 is 0. The second kappa shape index (κ2) is 12.1. The molecule has 2 fully saturated rings. The van der Waals surface area contributed by atoms with Gasteiger partial charge in [0.2, 0.25) is 5.91 Å². The average molecular weight is 368 g/mol. The maximum atomic E-state index is 11.7. The molecule has 2 rings (SSSR count). The van der Waals surface area contributed by atoms with E-state index in [2.05, 4.69) is 25.8 Å². The van der Waals surface area contributed by atoms with Crippen molar-refractivity contribution in [3.05, 3.63) is 0 Å². The van der Waals surface area contributed by atoms with Gasteiger partial charge in [-0.3, -0.25) is 9.79 Å². The van der Waals surface area contributed by atoms with E-state index in [9.17, 15) is 4.79 Å². The monoisotopic (exact) mass is 367 g/mol. The number of likely N-dealkylation sites (tertiary alicyclic amines) is 1. The number of piperidine rings is 1. The Kier molecular flexibility index (Phi) is 9.77. The molecule has 150 valence electrons. The summed E-state index contributed by atoms with van der Waals surface area (Å²) in [6, 6.07) is 0.431. The van der Waals surface area contributed by atoms with Crippen LogP contribution >= 0.6 is 0 Å². The van der Waals surface area contributed by atoms with E-state index in [0.29, 0.717) is 25.2 Å². The highest BCUT2D eigenvalue weighted by Gasteiger charge is 2.23. The number of guanidine groups is 1. The van der Waals surface area contributed by atoms with Gasteiger partial charge in [0.25, 0.3) is 0 Å². The topological polar surface area (TPSA) is 78.0 Å². The zero-order valence-electron chi connectivity index (χ0n) is 16.6. The lowest BCUT2D eigenvalue weighted by molar-refractivity contribution is -0.120. The number of aliphatic imine (C=N–C) groups is 1. The molecule has 7 nitrogen and oxygen atoms in total.